The van der Waals surface area contributed by atoms with Crippen molar-refractivity contribution in [1.82, 2.24) is 10.1 Å². The van der Waals surface area contributed by atoms with Gasteiger partial charge in [-0.25, -0.2) is 13.8 Å². The third-order valence-electron chi connectivity index (χ3n) is 4.71. The van der Waals surface area contributed by atoms with E-state index in [0.717, 1.165) is 16.7 Å². The molecule has 0 fully saturated rings. The van der Waals surface area contributed by atoms with Gasteiger partial charge >= 0.3 is 0 Å². The topological polar surface area (TPSA) is 96.9 Å². The molecular formula is C24H25N3O4S. The van der Waals surface area contributed by atoms with Crippen LogP contribution in [0.3, 0.4) is 0 Å². The summed E-state index contributed by atoms with van der Waals surface area (Å²) in [6.45, 7) is 1.87. The first-order chi connectivity index (χ1) is 15.4. The van der Waals surface area contributed by atoms with Crippen molar-refractivity contribution in [3.63, 3.8) is 0 Å². The molecule has 0 bridgehead atoms. The van der Waals surface area contributed by atoms with E-state index in [1.807, 2.05) is 37.3 Å². The first-order valence-corrected chi connectivity index (χ1v) is 11.5. The highest BCUT2D eigenvalue weighted by Crippen LogP contribution is 2.13. The van der Waals surface area contributed by atoms with Gasteiger partial charge in [0.05, 0.1) is 18.2 Å². The second-order valence-corrected chi connectivity index (χ2v) is 8.90. The number of carbonyl (C=O) groups excluding carboxylic acids is 1. The Bertz CT molecular complexity index is 1180. The molecule has 2 N–H and O–H groups in total. The Kier molecular flexibility index (Phi) is 7.75. The lowest BCUT2D eigenvalue weighted by atomic mass is 10.1. The number of benzene rings is 3. The Hall–Kier alpha value is -3.49. The van der Waals surface area contributed by atoms with Gasteiger partial charge in [-0.05, 0) is 48.7 Å². The average Bonchev–Trinajstić information content (AvgIpc) is 2.79. The molecule has 0 saturated carbocycles. The van der Waals surface area contributed by atoms with Crippen LogP contribution in [0.25, 0.3) is 0 Å². The fraction of sp³-hybridized carbons (Fsp3) is 0.167. The van der Waals surface area contributed by atoms with Crippen LogP contribution in [0.15, 0.2) is 88.9 Å². The fourth-order valence-electron chi connectivity index (χ4n) is 2.98. The first kappa shape index (κ1) is 23.2. The highest BCUT2D eigenvalue weighted by atomic mass is 32.2. The molecule has 0 heterocycles. The normalized spacial score (nSPS) is 12.4. The van der Waals surface area contributed by atoms with Crippen molar-refractivity contribution in [2.24, 2.45) is 5.10 Å². The Morgan fingerprint density at radius 1 is 1.03 bits per heavy atom. The Morgan fingerprint density at radius 2 is 1.75 bits per heavy atom. The molecule has 0 saturated heterocycles. The van der Waals surface area contributed by atoms with Gasteiger partial charge in [0.2, 0.25) is 10.0 Å². The maximum Gasteiger partial charge on any atom is 0.258 e. The quantitative estimate of drug-likeness (QED) is 0.386. The molecule has 3 aromatic carbocycles. The number of aryl methyl sites for hydroxylation is 1. The van der Waals surface area contributed by atoms with Crippen LogP contribution in [-0.4, -0.2) is 33.7 Å². The Labute approximate surface area is 188 Å². The van der Waals surface area contributed by atoms with Crippen molar-refractivity contribution < 1.29 is 17.9 Å². The Morgan fingerprint density at radius 3 is 2.44 bits per heavy atom. The number of hydrazone groups is 1. The summed E-state index contributed by atoms with van der Waals surface area (Å²) in [6.07, 6.45) is 1.64. The van der Waals surface area contributed by atoms with Crippen LogP contribution in [0.2, 0.25) is 0 Å². The lowest BCUT2D eigenvalue weighted by Crippen LogP contribution is -2.46. The molecule has 7 nitrogen and oxygen atoms in total. The number of ether oxygens (including phenoxy) is 1. The van der Waals surface area contributed by atoms with Crippen molar-refractivity contribution in [1.29, 1.82) is 0 Å². The van der Waals surface area contributed by atoms with Crippen LogP contribution in [0.5, 0.6) is 5.75 Å². The van der Waals surface area contributed by atoms with E-state index in [9.17, 15) is 13.2 Å². The smallest absolute Gasteiger partial charge is 0.258 e. The largest absolute Gasteiger partial charge is 0.497 e. The van der Waals surface area contributed by atoms with Crippen LogP contribution in [0, 0.1) is 6.92 Å². The third-order valence-corrected chi connectivity index (χ3v) is 6.20. The number of nitrogens with zero attached hydrogens (tertiary/aromatic N) is 1. The number of hydrogen-bond donors (Lipinski definition) is 2. The monoisotopic (exact) mass is 451 g/mol. The van der Waals surface area contributed by atoms with E-state index in [0.29, 0.717) is 5.75 Å². The van der Waals surface area contributed by atoms with Gasteiger partial charge in [-0.3, -0.25) is 4.79 Å². The van der Waals surface area contributed by atoms with E-state index < -0.39 is 22.0 Å². The molecule has 8 heteroatoms. The van der Waals surface area contributed by atoms with Gasteiger partial charge < -0.3 is 4.74 Å². The standard InChI is InChI=1S/C24H25N3O4S/c1-18-11-13-22(14-12-18)32(29,30)27-23(16-19-7-4-3-5-8-19)24(28)26-25-17-20-9-6-10-21(15-20)31-2/h3-15,17,23,27H,16H2,1-2H3,(H,26,28)/b25-17-/t23-/m0/s1. The summed E-state index contributed by atoms with van der Waals surface area (Å²) in [4.78, 5) is 12.9. The second kappa shape index (κ2) is 10.7. The van der Waals surface area contributed by atoms with Crippen LogP contribution in [0.1, 0.15) is 16.7 Å². The van der Waals surface area contributed by atoms with E-state index in [2.05, 4.69) is 15.2 Å². The lowest BCUT2D eigenvalue weighted by Gasteiger charge is -2.17. The minimum absolute atomic E-state index is 0.0915. The van der Waals surface area contributed by atoms with Crippen molar-refractivity contribution >= 4 is 22.1 Å². The van der Waals surface area contributed by atoms with E-state index in [1.165, 1.54) is 18.3 Å². The molecule has 0 aromatic heterocycles. The highest BCUT2D eigenvalue weighted by Gasteiger charge is 2.26. The van der Waals surface area contributed by atoms with Gasteiger partial charge in [-0.2, -0.15) is 9.82 Å². The molecule has 0 spiro atoms. The van der Waals surface area contributed by atoms with Gasteiger partial charge in [0.25, 0.3) is 5.91 Å². The zero-order valence-electron chi connectivity index (χ0n) is 17.9. The summed E-state index contributed by atoms with van der Waals surface area (Å²) >= 11 is 0. The van der Waals surface area contributed by atoms with Gasteiger partial charge in [-0.15, -0.1) is 0 Å². The van der Waals surface area contributed by atoms with E-state index >= 15 is 0 Å². The van der Waals surface area contributed by atoms with Crippen LogP contribution >= 0.6 is 0 Å². The van der Waals surface area contributed by atoms with Crippen LogP contribution in [-0.2, 0) is 21.2 Å². The number of carbonyl (C=O) groups is 1. The van der Waals surface area contributed by atoms with Crippen molar-refractivity contribution in [3.05, 3.63) is 95.6 Å². The molecule has 1 atom stereocenters. The van der Waals surface area contributed by atoms with Crippen LogP contribution in [0.4, 0.5) is 0 Å². The number of rotatable bonds is 9. The molecular weight excluding hydrogens is 426 g/mol. The lowest BCUT2D eigenvalue weighted by molar-refractivity contribution is -0.122. The number of methoxy groups -OCH3 is 1. The average molecular weight is 452 g/mol. The number of amides is 1. The zero-order valence-corrected chi connectivity index (χ0v) is 18.7. The summed E-state index contributed by atoms with van der Waals surface area (Å²) in [5, 5.41) is 3.98. The summed E-state index contributed by atoms with van der Waals surface area (Å²) in [7, 11) is -2.34. The minimum Gasteiger partial charge on any atom is -0.497 e. The molecule has 0 unspecified atom stereocenters. The molecule has 0 aliphatic rings. The summed E-state index contributed by atoms with van der Waals surface area (Å²) in [5.41, 5.74) is 4.92. The molecule has 0 radical (unpaired) electrons. The van der Waals surface area contributed by atoms with Gasteiger partial charge in [0.1, 0.15) is 11.8 Å². The number of sulfonamides is 1. The minimum atomic E-state index is -3.91. The van der Waals surface area contributed by atoms with E-state index in [4.69, 9.17) is 4.74 Å². The maximum absolute atomic E-state index is 12.9. The van der Waals surface area contributed by atoms with Crippen molar-refractivity contribution in [2.45, 2.75) is 24.3 Å². The predicted octanol–water partition coefficient (Wildman–Crippen LogP) is 3.04. The maximum atomic E-state index is 12.9. The second-order valence-electron chi connectivity index (χ2n) is 7.19. The molecule has 1 amide bonds. The zero-order chi connectivity index (χ0) is 23.0. The molecule has 3 aromatic rings. The highest BCUT2D eigenvalue weighted by molar-refractivity contribution is 7.89. The molecule has 0 aliphatic heterocycles. The predicted molar refractivity (Wildman–Crippen MR) is 124 cm³/mol. The fourth-order valence-corrected chi connectivity index (χ4v) is 4.18. The van der Waals surface area contributed by atoms with Gasteiger partial charge in [-0.1, -0.05) is 60.2 Å². The first-order valence-electron chi connectivity index (χ1n) is 9.97. The number of hydrogen-bond acceptors (Lipinski definition) is 5. The third kappa shape index (κ3) is 6.50. The number of nitrogens with one attached hydrogen (secondary N) is 2. The summed E-state index contributed by atoms with van der Waals surface area (Å²) in [6, 6.07) is 21.7. The van der Waals surface area contributed by atoms with Gasteiger partial charge in [0.15, 0.2) is 0 Å². The SMILES string of the molecule is COc1cccc(/C=N\NC(=O)[C@H](Cc2ccccc2)NS(=O)(=O)c2ccc(C)cc2)c1. The van der Waals surface area contributed by atoms with Crippen molar-refractivity contribution in [3.8, 4) is 5.75 Å². The Balaban J connectivity index is 1.77. The van der Waals surface area contributed by atoms with E-state index in [-0.39, 0.29) is 11.3 Å². The molecule has 32 heavy (non-hydrogen) atoms. The molecule has 3 rings (SSSR count). The molecule has 0 aliphatic carbocycles. The van der Waals surface area contributed by atoms with Gasteiger partial charge in [0, 0.05) is 0 Å². The summed E-state index contributed by atoms with van der Waals surface area (Å²) in [5.74, 6) is 0.0942. The van der Waals surface area contributed by atoms with Crippen LogP contribution < -0.4 is 14.9 Å². The molecule has 166 valence electrons. The summed E-state index contributed by atoms with van der Waals surface area (Å²) < 4.78 is 33.4. The van der Waals surface area contributed by atoms with Crippen molar-refractivity contribution in [2.75, 3.05) is 7.11 Å². The van der Waals surface area contributed by atoms with E-state index in [1.54, 1.807) is 43.5 Å².